The fourth-order valence-electron chi connectivity index (χ4n) is 3.71. The maximum Gasteiger partial charge on any atom is 0.418 e. The SMILES string of the molecule is CC(C)CCn1c(=O)c(C2=NS(=O)(=O)c3cc(NSNC(=O)OCCN)ccc3N2)c(O)c2cccnc21. The molecule has 1 amide bonds. The average molecular weight is 562 g/mol. The number of aromatic hydroxyl groups is 1. The number of amidine groups is 1. The Kier molecular flexibility index (Phi) is 8.08. The summed E-state index contributed by atoms with van der Waals surface area (Å²) in [4.78, 5) is 29.1. The summed E-state index contributed by atoms with van der Waals surface area (Å²) in [5.74, 6) is -0.405. The van der Waals surface area contributed by atoms with Crippen LogP contribution in [0, 0.1) is 5.92 Å². The van der Waals surface area contributed by atoms with Crippen LogP contribution < -0.4 is 26.1 Å². The summed E-state index contributed by atoms with van der Waals surface area (Å²) in [7, 11) is -4.27. The van der Waals surface area contributed by atoms with Gasteiger partial charge in [0.1, 0.15) is 28.5 Å². The molecule has 0 bridgehead atoms. The molecular formula is C23H27N7O6S2. The van der Waals surface area contributed by atoms with E-state index in [-0.39, 0.29) is 35.1 Å². The molecule has 0 fully saturated rings. The van der Waals surface area contributed by atoms with E-state index in [1.807, 2.05) is 13.8 Å². The molecule has 15 heteroatoms. The number of carbonyl (C=O) groups is 1. The van der Waals surface area contributed by atoms with Crippen molar-refractivity contribution in [2.24, 2.45) is 16.0 Å². The Balaban J connectivity index is 1.67. The van der Waals surface area contributed by atoms with Crippen LogP contribution in [-0.2, 0) is 21.3 Å². The molecule has 0 spiro atoms. The van der Waals surface area contributed by atoms with Crippen LogP contribution >= 0.6 is 12.1 Å². The minimum atomic E-state index is -4.27. The van der Waals surface area contributed by atoms with Crippen LogP contribution in [0.1, 0.15) is 25.8 Å². The molecule has 202 valence electrons. The van der Waals surface area contributed by atoms with E-state index in [1.54, 1.807) is 18.2 Å². The van der Waals surface area contributed by atoms with Gasteiger partial charge in [-0.15, -0.1) is 4.40 Å². The van der Waals surface area contributed by atoms with Gasteiger partial charge in [-0.05, 0) is 42.7 Å². The molecule has 0 atom stereocenters. The van der Waals surface area contributed by atoms with Crippen LogP contribution in [0.4, 0.5) is 16.2 Å². The highest BCUT2D eigenvalue weighted by Crippen LogP contribution is 2.34. The smallest absolute Gasteiger partial charge is 0.418 e. The van der Waals surface area contributed by atoms with E-state index in [1.165, 1.54) is 22.9 Å². The number of benzene rings is 1. The number of ether oxygens (including phenoxy) is 1. The second-order valence-electron chi connectivity index (χ2n) is 8.72. The monoisotopic (exact) mass is 561 g/mol. The van der Waals surface area contributed by atoms with Gasteiger partial charge in [0, 0.05) is 25.0 Å². The maximum atomic E-state index is 13.5. The number of rotatable bonds is 9. The van der Waals surface area contributed by atoms with Gasteiger partial charge in [0.2, 0.25) is 0 Å². The number of carbonyl (C=O) groups excluding carboxylic acids is 1. The Morgan fingerprint density at radius 3 is 2.84 bits per heavy atom. The predicted molar refractivity (Wildman–Crippen MR) is 146 cm³/mol. The summed E-state index contributed by atoms with van der Waals surface area (Å²) >= 11 is 0.777. The van der Waals surface area contributed by atoms with Crippen molar-refractivity contribution in [1.82, 2.24) is 14.3 Å². The van der Waals surface area contributed by atoms with Crippen molar-refractivity contribution >= 4 is 56.5 Å². The van der Waals surface area contributed by atoms with Crippen LogP contribution in [0.5, 0.6) is 5.75 Å². The molecular weight excluding hydrogens is 534 g/mol. The third-order valence-electron chi connectivity index (χ3n) is 5.54. The number of nitrogens with one attached hydrogen (secondary N) is 3. The lowest BCUT2D eigenvalue weighted by atomic mass is 10.1. The number of fused-ring (bicyclic) bond motifs is 2. The van der Waals surface area contributed by atoms with Crippen molar-refractivity contribution in [2.45, 2.75) is 31.7 Å². The number of aryl methyl sites for hydroxylation is 1. The first kappa shape index (κ1) is 27.2. The van der Waals surface area contributed by atoms with Gasteiger partial charge in [-0.25, -0.2) is 14.5 Å². The zero-order valence-electron chi connectivity index (χ0n) is 20.6. The molecule has 0 radical (unpaired) electrons. The first-order valence-corrected chi connectivity index (χ1v) is 13.9. The minimum Gasteiger partial charge on any atom is -0.506 e. The van der Waals surface area contributed by atoms with Crippen LogP contribution in [0.3, 0.4) is 0 Å². The summed E-state index contributed by atoms with van der Waals surface area (Å²) in [6.45, 7) is 4.60. The van der Waals surface area contributed by atoms with Crippen molar-refractivity contribution in [3.05, 3.63) is 52.4 Å². The van der Waals surface area contributed by atoms with Crippen LogP contribution in [0.2, 0.25) is 0 Å². The molecule has 13 nitrogen and oxygen atoms in total. The van der Waals surface area contributed by atoms with Crippen LogP contribution in [-0.4, -0.2) is 48.2 Å². The number of nitrogens with zero attached hydrogens (tertiary/aromatic N) is 3. The number of anilines is 2. The predicted octanol–water partition coefficient (Wildman–Crippen LogP) is 2.37. The van der Waals surface area contributed by atoms with Gasteiger partial charge in [-0.2, -0.15) is 8.42 Å². The van der Waals surface area contributed by atoms with Gasteiger partial charge in [-0.1, -0.05) is 13.8 Å². The molecule has 4 rings (SSSR count). The summed E-state index contributed by atoms with van der Waals surface area (Å²) < 4.78 is 41.4. The standard InChI is InChI=1S/C23H27N7O6S2/c1-13(2)7-10-30-21-15(4-3-9-25-21)19(31)18(22(30)32)20-26-16-6-5-14(12-17(16)38(34,35)29-20)27-37-28-23(33)36-11-8-24/h3-6,9,12-13,27,31H,7-8,10-11,24H2,1-2H3,(H,26,29)(H,28,33). The van der Waals surface area contributed by atoms with E-state index >= 15 is 0 Å². The van der Waals surface area contributed by atoms with Gasteiger partial charge in [0.05, 0.1) is 23.2 Å². The fraction of sp³-hybridized carbons (Fsp3) is 0.304. The molecule has 0 saturated carbocycles. The van der Waals surface area contributed by atoms with Gasteiger partial charge in [-0.3, -0.25) is 9.36 Å². The van der Waals surface area contributed by atoms with Gasteiger partial charge < -0.3 is 25.6 Å². The molecule has 3 heterocycles. The highest BCUT2D eigenvalue weighted by molar-refractivity contribution is 7.99. The van der Waals surface area contributed by atoms with E-state index in [2.05, 4.69) is 24.1 Å². The quantitative estimate of drug-likeness (QED) is 0.241. The molecule has 3 aromatic rings. The number of hydrogen-bond donors (Lipinski definition) is 5. The molecule has 1 aliphatic heterocycles. The van der Waals surface area contributed by atoms with Gasteiger partial charge >= 0.3 is 6.09 Å². The topological polar surface area (TPSA) is 190 Å². The fourth-order valence-corrected chi connectivity index (χ4v) is 5.30. The van der Waals surface area contributed by atoms with Crippen molar-refractivity contribution in [2.75, 3.05) is 23.2 Å². The zero-order chi connectivity index (χ0) is 27.4. The lowest BCUT2D eigenvalue weighted by Crippen LogP contribution is -2.33. The number of sulfonamides is 1. The first-order chi connectivity index (χ1) is 18.1. The van der Waals surface area contributed by atoms with Crippen molar-refractivity contribution in [3.8, 4) is 5.75 Å². The zero-order valence-corrected chi connectivity index (χ0v) is 22.2. The number of pyridine rings is 2. The summed E-state index contributed by atoms with van der Waals surface area (Å²) in [5, 5.41) is 14.2. The lowest BCUT2D eigenvalue weighted by molar-refractivity contribution is 0.156. The molecule has 0 aliphatic carbocycles. The Morgan fingerprint density at radius 1 is 1.32 bits per heavy atom. The van der Waals surface area contributed by atoms with Crippen molar-refractivity contribution in [3.63, 3.8) is 0 Å². The summed E-state index contributed by atoms with van der Waals surface area (Å²) in [6, 6.07) is 7.59. The second kappa shape index (κ2) is 11.3. The molecule has 0 saturated heterocycles. The first-order valence-electron chi connectivity index (χ1n) is 11.6. The maximum absolute atomic E-state index is 13.5. The Bertz CT molecular complexity index is 1570. The van der Waals surface area contributed by atoms with E-state index in [0.717, 1.165) is 12.1 Å². The van der Waals surface area contributed by atoms with Gasteiger partial charge in [0.15, 0.2) is 5.84 Å². The van der Waals surface area contributed by atoms with E-state index in [0.29, 0.717) is 35.6 Å². The Labute approximate surface area is 222 Å². The third-order valence-corrected chi connectivity index (χ3v) is 7.46. The molecule has 0 unspecified atom stereocenters. The summed E-state index contributed by atoms with van der Waals surface area (Å²) in [5.41, 5.74) is 5.22. The summed E-state index contributed by atoms with van der Waals surface area (Å²) in [6.07, 6.45) is 1.48. The number of aromatic nitrogens is 2. The normalized spacial score (nSPS) is 13.9. The highest BCUT2D eigenvalue weighted by Gasteiger charge is 2.30. The average Bonchev–Trinajstić information content (AvgIpc) is 2.87. The van der Waals surface area contributed by atoms with E-state index in [9.17, 15) is 23.1 Å². The molecule has 1 aliphatic rings. The molecule has 6 N–H and O–H groups in total. The number of hydrogen-bond acceptors (Lipinski definition) is 11. The highest BCUT2D eigenvalue weighted by atomic mass is 32.2. The van der Waals surface area contributed by atoms with Crippen molar-refractivity contribution < 1.29 is 23.1 Å². The van der Waals surface area contributed by atoms with E-state index in [4.69, 9.17) is 10.5 Å². The van der Waals surface area contributed by atoms with Crippen LogP contribution in [0.25, 0.3) is 11.0 Å². The number of nitrogens with two attached hydrogens (primary N) is 1. The molecule has 38 heavy (non-hydrogen) atoms. The number of amides is 1. The lowest BCUT2D eigenvalue weighted by Gasteiger charge is -2.21. The molecule has 1 aromatic carbocycles. The van der Waals surface area contributed by atoms with E-state index < -0.39 is 27.4 Å². The van der Waals surface area contributed by atoms with Crippen molar-refractivity contribution in [1.29, 1.82) is 0 Å². The largest absolute Gasteiger partial charge is 0.506 e. The third kappa shape index (κ3) is 5.69. The van der Waals surface area contributed by atoms with Crippen LogP contribution in [0.15, 0.2) is 50.6 Å². The second-order valence-corrected chi connectivity index (χ2v) is 10.9. The Hall–Kier alpha value is -3.82. The minimum absolute atomic E-state index is 0.0571. The van der Waals surface area contributed by atoms with Gasteiger partial charge in [0.25, 0.3) is 15.6 Å². The Morgan fingerprint density at radius 2 is 2.11 bits per heavy atom. The molecule has 2 aromatic heterocycles.